The second-order valence-electron chi connectivity index (χ2n) is 3.72. The largest absolute Gasteiger partial charge is 0.429 e. The summed E-state index contributed by atoms with van der Waals surface area (Å²) in [4.78, 5) is 4.27. The van der Waals surface area contributed by atoms with E-state index in [1.54, 1.807) is 0 Å². The molecule has 1 aromatic heterocycles. The third-order valence-corrected chi connectivity index (χ3v) is 2.52. The number of oxazole rings is 1. The van der Waals surface area contributed by atoms with Crippen LogP contribution in [0.4, 0.5) is 6.01 Å². The molecule has 1 atom stereocenters. The van der Waals surface area contributed by atoms with Gasteiger partial charge in [-0.25, -0.2) is 0 Å². The van der Waals surface area contributed by atoms with Gasteiger partial charge in [0.15, 0.2) is 0 Å². The number of aryl methyl sites for hydroxylation is 2. The number of nitrogens with one attached hydrogen (secondary N) is 1. The van der Waals surface area contributed by atoms with Crippen molar-refractivity contribution in [3.63, 3.8) is 0 Å². The number of ether oxygens (including phenoxy) is 1. The van der Waals surface area contributed by atoms with E-state index in [0.717, 1.165) is 37.5 Å². The van der Waals surface area contributed by atoms with E-state index in [1.165, 1.54) is 0 Å². The maximum absolute atomic E-state index is 5.44. The molecule has 0 amide bonds. The Morgan fingerprint density at radius 1 is 1.43 bits per heavy atom. The van der Waals surface area contributed by atoms with E-state index in [4.69, 9.17) is 9.15 Å². The fourth-order valence-electron chi connectivity index (χ4n) is 1.56. The standard InChI is InChI=1S/C10H16N2O2/c1-7-8(2)14-10(11-7)12-9-4-3-5-13-6-9/h9H,3-6H2,1-2H3,(H,11,12). The molecular formula is C10H16N2O2. The summed E-state index contributed by atoms with van der Waals surface area (Å²) in [5, 5.41) is 3.24. The van der Waals surface area contributed by atoms with Gasteiger partial charge in [0, 0.05) is 6.61 Å². The van der Waals surface area contributed by atoms with E-state index in [1.807, 2.05) is 13.8 Å². The van der Waals surface area contributed by atoms with Crippen molar-refractivity contribution < 1.29 is 9.15 Å². The summed E-state index contributed by atoms with van der Waals surface area (Å²) < 4.78 is 10.8. The fourth-order valence-corrected chi connectivity index (χ4v) is 1.56. The smallest absolute Gasteiger partial charge is 0.295 e. The number of hydrogen-bond acceptors (Lipinski definition) is 4. The Morgan fingerprint density at radius 3 is 2.86 bits per heavy atom. The van der Waals surface area contributed by atoms with Crippen LogP contribution in [0.1, 0.15) is 24.3 Å². The van der Waals surface area contributed by atoms with Crippen molar-refractivity contribution in [2.24, 2.45) is 0 Å². The highest BCUT2D eigenvalue weighted by molar-refractivity contribution is 5.26. The van der Waals surface area contributed by atoms with Crippen LogP contribution in [-0.4, -0.2) is 24.2 Å². The molecule has 14 heavy (non-hydrogen) atoms. The minimum Gasteiger partial charge on any atom is -0.429 e. The topological polar surface area (TPSA) is 47.3 Å². The molecular weight excluding hydrogens is 180 g/mol. The van der Waals surface area contributed by atoms with Crippen LogP contribution in [0, 0.1) is 13.8 Å². The predicted molar refractivity (Wildman–Crippen MR) is 53.4 cm³/mol. The molecule has 1 aliphatic heterocycles. The van der Waals surface area contributed by atoms with Gasteiger partial charge in [-0.3, -0.25) is 0 Å². The molecule has 0 radical (unpaired) electrons. The molecule has 2 heterocycles. The zero-order valence-corrected chi connectivity index (χ0v) is 8.67. The lowest BCUT2D eigenvalue weighted by molar-refractivity contribution is 0.0869. The van der Waals surface area contributed by atoms with E-state index in [0.29, 0.717) is 12.1 Å². The van der Waals surface area contributed by atoms with Crippen LogP contribution in [0.3, 0.4) is 0 Å². The molecule has 2 rings (SSSR count). The van der Waals surface area contributed by atoms with Gasteiger partial charge in [0.1, 0.15) is 5.76 Å². The zero-order chi connectivity index (χ0) is 9.97. The van der Waals surface area contributed by atoms with E-state index in [-0.39, 0.29) is 0 Å². The number of anilines is 1. The molecule has 0 spiro atoms. The van der Waals surface area contributed by atoms with Crippen LogP contribution in [-0.2, 0) is 4.74 Å². The molecule has 1 aliphatic rings. The van der Waals surface area contributed by atoms with E-state index in [2.05, 4.69) is 10.3 Å². The summed E-state index contributed by atoms with van der Waals surface area (Å²) in [6.45, 7) is 5.49. The fraction of sp³-hybridized carbons (Fsp3) is 0.700. The second kappa shape index (κ2) is 4.00. The van der Waals surface area contributed by atoms with Gasteiger partial charge in [-0.1, -0.05) is 0 Å². The Balaban J connectivity index is 1.95. The van der Waals surface area contributed by atoms with E-state index < -0.39 is 0 Å². The Bertz CT molecular complexity index is 284. The Labute approximate surface area is 83.7 Å². The van der Waals surface area contributed by atoms with E-state index >= 15 is 0 Å². The highest BCUT2D eigenvalue weighted by atomic mass is 16.5. The lowest BCUT2D eigenvalue weighted by atomic mass is 10.1. The lowest BCUT2D eigenvalue weighted by Gasteiger charge is -2.21. The Morgan fingerprint density at radius 2 is 2.29 bits per heavy atom. The normalized spacial score (nSPS) is 22.3. The van der Waals surface area contributed by atoms with Crippen molar-refractivity contribution >= 4 is 6.01 Å². The van der Waals surface area contributed by atoms with Crippen LogP contribution in [0.5, 0.6) is 0 Å². The summed E-state index contributed by atoms with van der Waals surface area (Å²) in [6.07, 6.45) is 2.23. The molecule has 4 nitrogen and oxygen atoms in total. The zero-order valence-electron chi connectivity index (χ0n) is 8.67. The number of nitrogens with zero attached hydrogens (tertiary/aromatic N) is 1. The highest BCUT2D eigenvalue weighted by Gasteiger charge is 2.16. The van der Waals surface area contributed by atoms with Crippen LogP contribution in [0.15, 0.2) is 4.42 Å². The molecule has 1 saturated heterocycles. The minimum absolute atomic E-state index is 0.348. The quantitative estimate of drug-likeness (QED) is 0.784. The first-order valence-electron chi connectivity index (χ1n) is 5.04. The third-order valence-electron chi connectivity index (χ3n) is 2.52. The summed E-state index contributed by atoms with van der Waals surface area (Å²) >= 11 is 0. The van der Waals surface area contributed by atoms with Crippen LogP contribution in [0.2, 0.25) is 0 Å². The minimum atomic E-state index is 0.348. The Hall–Kier alpha value is -1.03. The summed E-state index contributed by atoms with van der Waals surface area (Å²) in [7, 11) is 0. The Kier molecular flexibility index (Phi) is 2.72. The summed E-state index contributed by atoms with van der Waals surface area (Å²) in [5.41, 5.74) is 0.948. The van der Waals surface area contributed by atoms with E-state index in [9.17, 15) is 0 Å². The lowest BCUT2D eigenvalue weighted by Crippen LogP contribution is -2.30. The van der Waals surface area contributed by atoms with Crippen LogP contribution >= 0.6 is 0 Å². The van der Waals surface area contributed by atoms with Crippen LogP contribution < -0.4 is 5.32 Å². The maximum atomic E-state index is 5.44. The van der Waals surface area contributed by atoms with Gasteiger partial charge in [-0.15, -0.1) is 0 Å². The van der Waals surface area contributed by atoms with Gasteiger partial charge in [0.2, 0.25) is 0 Å². The van der Waals surface area contributed by atoms with Crippen molar-refractivity contribution in [1.82, 2.24) is 4.98 Å². The molecule has 0 saturated carbocycles. The summed E-state index contributed by atoms with van der Waals surface area (Å²) in [6, 6.07) is 0.969. The molecule has 0 aromatic carbocycles. The predicted octanol–water partition coefficient (Wildman–Crippen LogP) is 1.88. The first-order chi connectivity index (χ1) is 6.75. The third kappa shape index (κ3) is 2.07. The van der Waals surface area contributed by atoms with Gasteiger partial charge in [0.25, 0.3) is 6.01 Å². The van der Waals surface area contributed by atoms with Crippen molar-refractivity contribution in [2.75, 3.05) is 18.5 Å². The highest BCUT2D eigenvalue weighted by Crippen LogP contribution is 2.16. The van der Waals surface area contributed by atoms with Gasteiger partial charge in [-0.05, 0) is 26.7 Å². The molecule has 1 fully saturated rings. The summed E-state index contributed by atoms with van der Waals surface area (Å²) in [5.74, 6) is 0.879. The first kappa shape index (κ1) is 9.52. The maximum Gasteiger partial charge on any atom is 0.295 e. The molecule has 0 bridgehead atoms. The number of hydrogen-bond donors (Lipinski definition) is 1. The average Bonchev–Trinajstić information content (AvgIpc) is 2.47. The van der Waals surface area contributed by atoms with Gasteiger partial charge >= 0.3 is 0 Å². The molecule has 4 heteroatoms. The SMILES string of the molecule is Cc1nc(NC2CCCOC2)oc1C. The molecule has 1 N–H and O–H groups in total. The first-order valence-corrected chi connectivity index (χ1v) is 5.04. The van der Waals surface area contributed by atoms with Gasteiger partial charge in [0.05, 0.1) is 18.3 Å². The van der Waals surface area contributed by atoms with Crippen molar-refractivity contribution in [3.05, 3.63) is 11.5 Å². The van der Waals surface area contributed by atoms with Gasteiger partial charge < -0.3 is 14.5 Å². The van der Waals surface area contributed by atoms with Crippen LogP contribution in [0.25, 0.3) is 0 Å². The molecule has 0 aliphatic carbocycles. The monoisotopic (exact) mass is 196 g/mol. The average molecular weight is 196 g/mol. The molecule has 78 valence electrons. The van der Waals surface area contributed by atoms with Gasteiger partial charge in [-0.2, -0.15) is 4.98 Å². The van der Waals surface area contributed by atoms with Crippen molar-refractivity contribution in [1.29, 1.82) is 0 Å². The van der Waals surface area contributed by atoms with Crippen molar-refractivity contribution in [3.8, 4) is 0 Å². The number of aromatic nitrogens is 1. The van der Waals surface area contributed by atoms with Crippen molar-refractivity contribution in [2.45, 2.75) is 32.7 Å². The molecule has 1 aromatic rings. The number of rotatable bonds is 2. The molecule has 1 unspecified atom stereocenters. The second-order valence-corrected chi connectivity index (χ2v) is 3.72.